The number of aliphatic hydroxyl groups excluding tert-OH is 2. The molecule has 0 fully saturated rings. The highest BCUT2D eigenvalue weighted by Crippen LogP contribution is 2.30. The first-order valence-corrected chi connectivity index (χ1v) is 8.44. The van der Waals surface area contributed by atoms with Gasteiger partial charge >= 0.3 is 6.09 Å². The summed E-state index contributed by atoms with van der Waals surface area (Å²) < 4.78 is 11.0. The van der Waals surface area contributed by atoms with Gasteiger partial charge in [0.15, 0.2) is 0 Å². The van der Waals surface area contributed by atoms with Crippen molar-refractivity contribution in [3.63, 3.8) is 0 Å². The van der Waals surface area contributed by atoms with Gasteiger partial charge in [0.05, 0.1) is 7.11 Å². The zero-order valence-electron chi connectivity index (χ0n) is 13.7. The van der Waals surface area contributed by atoms with Crippen LogP contribution in [0.15, 0.2) is 53.0 Å². The van der Waals surface area contributed by atoms with Crippen molar-refractivity contribution in [1.29, 1.82) is 0 Å². The van der Waals surface area contributed by atoms with Crippen LogP contribution < -0.4 is 10.1 Å². The summed E-state index contributed by atoms with van der Waals surface area (Å²) in [6.07, 6.45) is -3.11. The van der Waals surface area contributed by atoms with Crippen molar-refractivity contribution < 1.29 is 24.5 Å². The molecule has 2 unspecified atom stereocenters. The van der Waals surface area contributed by atoms with E-state index in [1.165, 1.54) is 7.11 Å². The predicted octanol–water partition coefficient (Wildman–Crippen LogP) is 2.78. The fourth-order valence-corrected chi connectivity index (χ4v) is 2.60. The van der Waals surface area contributed by atoms with Crippen molar-refractivity contribution in [2.75, 3.05) is 13.7 Å². The average Bonchev–Trinajstić information content (AvgIpc) is 2.64. The molecule has 0 saturated carbocycles. The molecule has 6 nitrogen and oxygen atoms in total. The smallest absolute Gasteiger partial charge is 0.407 e. The Bertz CT molecular complexity index is 695. The standard InChI is InChI=1S/C18H20BrNO5/c1-24-16-8-7-13(19)9-14(16)17(22)15(21)10-20-18(23)25-11-12-5-3-2-4-6-12/h2-9,15,17,21-22H,10-11H2,1H3,(H,20,23). The van der Waals surface area contributed by atoms with Gasteiger partial charge in [0.25, 0.3) is 0 Å². The number of methoxy groups -OCH3 is 1. The van der Waals surface area contributed by atoms with Crippen LogP contribution in [-0.2, 0) is 11.3 Å². The minimum Gasteiger partial charge on any atom is -0.496 e. The number of amides is 1. The second-order valence-electron chi connectivity index (χ2n) is 5.34. The molecule has 134 valence electrons. The number of aliphatic hydroxyl groups is 2. The summed E-state index contributed by atoms with van der Waals surface area (Å²) >= 11 is 3.31. The van der Waals surface area contributed by atoms with E-state index in [2.05, 4.69) is 21.2 Å². The van der Waals surface area contributed by atoms with Gasteiger partial charge in [-0.2, -0.15) is 0 Å². The largest absolute Gasteiger partial charge is 0.496 e. The molecule has 2 aromatic carbocycles. The van der Waals surface area contributed by atoms with Gasteiger partial charge in [-0.3, -0.25) is 0 Å². The molecular formula is C18H20BrNO5. The van der Waals surface area contributed by atoms with Gasteiger partial charge in [0, 0.05) is 16.6 Å². The van der Waals surface area contributed by atoms with Crippen LogP contribution in [0.2, 0.25) is 0 Å². The zero-order chi connectivity index (χ0) is 18.2. The summed E-state index contributed by atoms with van der Waals surface area (Å²) in [4.78, 5) is 11.7. The Labute approximate surface area is 154 Å². The van der Waals surface area contributed by atoms with E-state index >= 15 is 0 Å². The van der Waals surface area contributed by atoms with E-state index in [1.54, 1.807) is 18.2 Å². The maximum Gasteiger partial charge on any atom is 0.407 e. The molecular weight excluding hydrogens is 390 g/mol. The van der Waals surface area contributed by atoms with Gasteiger partial charge in [-0.1, -0.05) is 46.3 Å². The maximum atomic E-state index is 11.7. The van der Waals surface area contributed by atoms with Crippen LogP contribution in [0.5, 0.6) is 5.75 Å². The first kappa shape index (κ1) is 19.2. The van der Waals surface area contributed by atoms with Crippen LogP contribution in [0, 0.1) is 0 Å². The van der Waals surface area contributed by atoms with E-state index < -0.39 is 18.3 Å². The molecule has 3 N–H and O–H groups in total. The number of ether oxygens (including phenoxy) is 2. The Balaban J connectivity index is 1.86. The molecule has 0 radical (unpaired) electrons. The lowest BCUT2D eigenvalue weighted by atomic mass is 10.0. The molecule has 7 heteroatoms. The predicted molar refractivity (Wildman–Crippen MR) is 96.3 cm³/mol. The number of nitrogens with one attached hydrogen (secondary N) is 1. The van der Waals surface area contributed by atoms with E-state index in [0.29, 0.717) is 11.3 Å². The van der Waals surface area contributed by atoms with E-state index in [9.17, 15) is 15.0 Å². The Kier molecular flexibility index (Phi) is 7.24. The lowest BCUT2D eigenvalue weighted by Crippen LogP contribution is -2.35. The summed E-state index contributed by atoms with van der Waals surface area (Å²) in [5, 5.41) is 22.9. The van der Waals surface area contributed by atoms with Gasteiger partial charge in [-0.15, -0.1) is 0 Å². The lowest BCUT2D eigenvalue weighted by Gasteiger charge is -2.20. The minimum absolute atomic E-state index is 0.130. The molecule has 0 spiro atoms. The minimum atomic E-state index is -1.22. The number of benzene rings is 2. The van der Waals surface area contributed by atoms with Gasteiger partial charge in [-0.25, -0.2) is 4.79 Å². The van der Waals surface area contributed by atoms with Crippen molar-refractivity contribution in [2.45, 2.75) is 18.8 Å². The molecule has 0 saturated heterocycles. The SMILES string of the molecule is COc1ccc(Br)cc1C(O)C(O)CNC(=O)OCc1ccccc1. The molecule has 0 bridgehead atoms. The Morgan fingerprint density at radius 1 is 1.20 bits per heavy atom. The highest BCUT2D eigenvalue weighted by Gasteiger charge is 2.23. The number of rotatable bonds is 7. The van der Waals surface area contributed by atoms with Crippen molar-refractivity contribution in [2.24, 2.45) is 0 Å². The molecule has 0 aliphatic carbocycles. The summed E-state index contributed by atoms with van der Waals surface area (Å²) in [5.74, 6) is 0.446. The molecule has 2 rings (SSSR count). The summed E-state index contributed by atoms with van der Waals surface area (Å²) in [6, 6.07) is 14.3. The highest BCUT2D eigenvalue weighted by molar-refractivity contribution is 9.10. The van der Waals surface area contributed by atoms with Crippen LogP contribution in [-0.4, -0.2) is 36.1 Å². The van der Waals surface area contributed by atoms with E-state index in [4.69, 9.17) is 9.47 Å². The number of carbonyl (C=O) groups is 1. The highest BCUT2D eigenvalue weighted by atomic mass is 79.9. The number of hydrogen-bond acceptors (Lipinski definition) is 5. The van der Waals surface area contributed by atoms with Crippen molar-refractivity contribution >= 4 is 22.0 Å². The molecule has 25 heavy (non-hydrogen) atoms. The fourth-order valence-electron chi connectivity index (χ4n) is 2.22. The van der Waals surface area contributed by atoms with Crippen molar-refractivity contribution in [1.82, 2.24) is 5.32 Å². The third kappa shape index (κ3) is 5.74. The number of halogens is 1. The summed E-state index contributed by atoms with van der Waals surface area (Å²) in [7, 11) is 1.48. The fraction of sp³-hybridized carbons (Fsp3) is 0.278. The molecule has 0 aliphatic rings. The van der Waals surface area contributed by atoms with Crippen molar-refractivity contribution in [3.05, 3.63) is 64.1 Å². The van der Waals surface area contributed by atoms with Crippen LogP contribution in [0.4, 0.5) is 4.79 Å². The summed E-state index contributed by atoms with van der Waals surface area (Å²) in [5.41, 5.74) is 1.28. The molecule has 2 atom stereocenters. The monoisotopic (exact) mass is 409 g/mol. The van der Waals surface area contributed by atoms with Gasteiger partial charge in [-0.05, 0) is 23.8 Å². The summed E-state index contributed by atoms with van der Waals surface area (Å²) in [6.45, 7) is -0.0325. The van der Waals surface area contributed by atoms with E-state index in [1.807, 2.05) is 30.3 Å². The number of alkyl carbamates (subject to hydrolysis) is 1. The Morgan fingerprint density at radius 3 is 2.60 bits per heavy atom. The van der Waals surface area contributed by atoms with E-state index in [-0.39, 0.29) is 13.2 Å². The van der Waals surface area contributed by atoms with Crippen LogP contribution >= 0.6 is 15.9 Å². The maximum absolute atomic E-state index is 11.7. The second-order valence-corrected chi connectivity index (χ2v) is 6.26. The van der Waals surface area contributed by atoms with Crippen LogP contribution in [0.3, 0.4) is 0 Å². The average molecular weight is 410 g/mol. The lowest BCUT2D eigenvalue weighted by molar-refractivity contribution is 0.0171. The molecule has 2 aromatic rings. The topological polar surface area (TPSA) is 88.0 Å². The normalized spacial score (nSPS) is 13.0. The quantitative estimate of drug-likeness (QED) is 0.654. The van der Waals surface area contributed by atoms with E-state index in [0.717, 1.165) is 10.0 Å². The Morgan fingerprint density at radius 2 is 1.92 bits per heavy atom. The first-order chi connectivity index (χ1) is 12.0. The van der Waals surface area contributed by atoms with Gasteiger partial charge in [0.1, 0.15) is 24.6 Å². The van der Waals surface area contributed by atoms with Gasteiger partial charge in [0.2, 0.25) is 0 Å². The zero-order valence-corrected chi connectivity index (χ0v) is 15.3. The molecule has 1 amide bonds. The number of hydrogen-bond donors (Lipinski definition) is 3. The Hall–Kier alpha value is -2.09. The van der Waals surface area contributed by atoms with Crippen LogP contribution in [0.1, 0.15) is 17.2 Å². The van der Waals surface area contributed by atoms with Crippen molar-refractivity contribution in [3.8, 4) is 5.75 Å². The second kappa shape index (κ2) is 9.41. The number of carbonyl (C=O) groups excluding carboxylic acids is 1. The third-order valence-corrected chi connectivity index (χ3v) is 4.04. The molecule has 0 heterocycles. The molecule has 0 aliphatic heterocycles. The third-order valence-electron chi connectivity index (χ3n) is 3.54. The molecule has 0 aromatic heterocycles. The van der Waals surface area contributed by atoms with Gasteiger partial charge < -0.3 is 25.0 Å². The van der Waals surface area contributed by atoms with Crippen LogP contribution in [0.25, 0.3) is 0 Å². The first-order valence-electron chi connectivity index (χ1n) is 7.65.